The molecule has 0 aliphatic heterocycles. The first kappa shape index (κ1) is 17.8. The third kappa shape index (κ3) is 2.42. The van der Waals surface area contributed by atoms with Gasteiger partial charge in [0.25, 0.3) is 0 Å². The summed E-state index contributed by atoms with van der Waals surface area (Å²) in [4.78, 5) is 8.54. The van der Waals surface area contributed by atoms with Crippen LogP contribution >= 0.6 is 68.0 Å². The second kappa shape index (κ2) is 6.24. The van der Waals surface area contributed by atoms with E-state index in [2.05, 4.69) is 52.0 Å². The fourth-order valence-electron chi connectivity index (χ4n) is 3.72. The molecule has 0 unspecified atom stereocenters. The lowest BCUT2D eigenvalue weighted by Crippen LogP contribution is -1.68. The van der Waals surface area contributed by atoms with Crippen molar-refractivity contribution in [3.05, 3.63) is 45.1 Å². The van der Waals surface area contributed by atoms with Gasteiger partial charge in [0.1, 0.15) is 0 Å². The fourth-order valence-corrected chi connectivity index (χ4v) is 11.8. The third-order valence-electron chi connectivity index (χ3n) is 5.14. The summed E-state index contributed by atoms with van der Waals surface area (Å²) < 4.78 is 9.00. The molecule has 0 bridgehead atoms. The van der Waals surface area contributed by atoms with Crippen LogP contribution in [-0.2, 0) is 0 Å². The maximum absolute atomic E-state index is 2.31. The van der Waals surface area contributed by atoms with Crippen LogP contribution in [0.2, 0.25) is 0 Å². The van der Waals surface area contributed by atoms with E-state index in [1.165, 1.54) is 68.6 Å². The zero-order valence-corrected chi connectivity index (χ0v) is 20.7. The predicted octanol–water partition coefficient (Wildman–Crippen LogP) is 10.1. The summed E-state index contributed by atoms with van der Waals surface area (Å²) in [5.74, 6) is 0. The first-order chi connectivity index (χ1) is 13.5. The van der Waals surface area contributed by atoms with Crippen LogP contribution in [0.15, 0.2) is 24.3 Å². The van der Waals surface area contributed by atoms with E-state index in [1.54, 1.807) is 0 Å². The van der Waals surface area contributed by atoms with Crippen molar-refractivity contribution in [3.63, 3.8) is 0 Å². The van der Waals surface area contributed by atoms with Gasteiger partial charge in [-0.15, -0.1) is 68.0 Å². The molecule has 0 saturated carbocycles. The van der Waals surface area contributed by atoms with Crippen LogP contribution in [0.5, 0.6) is 0 Å². The molecule has 140 valence electrons. The Bertz CT molecular complexity index is 1390. The topological polar surface area (TPSA) is 0 Å². The van der Waals surface area contributed by atoms with Gasteiger partial charge in [0.05, 0.1) is 28.2 Å². The van der Waals surface area contributed by atoms with Gasteiger partial charge >= 0.3 is 0 Å². The van der Waals surface area contributed by atoms with Gasteiger partial charge in [-0.25, -0.2) is 0 Å². The van der Waals surface area contributed by atoms with Crippen molar-refractivity contribution in [1.82, 2.24) is 0 Å². The van der Waals surface area contributed by atoms with Gasteiger partial charge in [0.2, 0.25) is 0 Å². The summed E-state index contributed by atoms with van der Waals surface area (Å²) in [5.41, 5.74) is 2.93. The number of hydrogen-bond acceptors (Lipinski definition) is 6. The summed E-state index contributed by atoms with van der Waals surface area (Å²) in [6, 6.07) is 9.04. The normalized spacial score (nSPS) is 12.3. The molecular weight excluding hydrogens is 457 g/mol. The zero-order valence-electron chi connectivity index (χ0n) is 15.8. The van der Waals surface area contributed by atoms with Gasteiger partial charge in [0.15, 0.2) is 0 Å². The second-order valence-corrected chi connectivity index (χ2v) is 13.8. The first-order valence-electron chi connectivity index (χ1n) is 9.02. The monoisotopic (exact) mass is 472 g/mol. The minimum Gasteiger partial charge on any atom is -0.140 e. The largest absolute Gasteiger partial charge is 0.140 e. The van der Waals surface area contributed by atoms with Crippen LogP contribution in [0.25, 0.3) is 47.7 Å². The lowest BCUT2D eigenvalue weighted by molar-refractivity contribution is 1.62. The summed E-state index contributed by atoms with van der Waals surface area (Å²) >= 11 is 11.8. The van der Waals surface area contributed by atoms with E-state index in [4.69, 9.17) is 0 Å². The van der Waals surface area contributed by atoms with Gasteiger partial charge in [-0.1, -0.05) is 0 Å². The quantitative estimate of drug-likeness (QED) is 0.235. The highest BCUT2D eigenvalue weighted by Crippen LogP contribution is 2.55. The maximum Gasteiger partial charge on any atom is 0.0651 e. The molecule has 0 aliphatic carbocycles. The smallest absolute Gasteiger partial charge is 0.0651 e. The molecule has 0 aromatic carbocycles. The highest BCUT2D eigenvalue weighted by atomic mass is 32.1. The summed E-state index contributed by atoms with van der Waals surface area (Å²) in [7, 11) is 0. The van der Waals surface area contributed by atoms with E-state index >= 15 is 0 Å². The van der Waals surface area contributed by atoms with Crippen LogP contribution < -0.4 is 0 Å². The van der Waals surface area contributed by atoms with Crippen LogP contribution in [0.3, 0.4) is 0 Å². The Kier molecular flexibility index (Phi) is 3.97. The van der Waals surface area contributed by atoms with E-state index in [-0.39, 0.29) is 0 Å². The van der Waals surface area contributed by atoms with Gasteiger partial charge in [-0.05, 0) is 63.1 Å². The van der Waals surface area contributed by atoms with Crippen LogP contribution in [0.1, 0.15) is 20.9 Å². The van der Waals surface area contributed by atoms with E-state index in [1.807, 2.05) is 68.0 Å². The van der Waals surface area contributed by atoms with Crippen molar-refractivity contribution in [1.29, 1.82) is 0 Å². The van der Waals surface area contributed by atoms with E-state index in [0.717, 1.165) is 0 Å². The number of rotatable bonds is 2. The standard InChI is InChI=1S/C22H16S6/c1-9-5-7-13(23-9)15-11(3)17-19(25-15)21-22(27-17)20-18(28-21)12(4)16(26-20)14-8-6-10(2)24-14/h5-8H,1-4H3. The zero-order chi connectivity index (χ0) is 19.2. The second-order valence-electron chi connectivity index (χ2n) is 7.11. The van der Waals surface area contributed by atoms with Crippen LogP contribution in [0, 0.1) is 27.7 Å². The number of fused-ring (bicyclic) bond motifs is 5. The van der Waals surface area contributed by atoms with E-state index < -0.39 is 0 Å². The molecule has 6 aromatic heterocycles. The lowest BCUT2D eigenvalue weighted by Gasteiger charge is -1.94. The fraction of sp³-hybridized carbons (Fsp3) is 0.182. The Balaban J connectivity index is 1.60. The number of thiophene rings is 6. The summed E-state index contributed by atoms with van der Waals surface area (Å²) in [5, 5.41) is 0. The molecule has 0 spiro atoms. The third-order valence-corrected chi connectivity index (χ3v) is 13.4. The molecule has 0 fully saturated rings. The Hall–Kier alpha value is -1.02. The summed E-state index contributed by atoms with van der Waals surface area (Å²) in [6.45, 7) is 9.00. The van der Waals surface area contributed by atoms with Gasteiger partial charge in [0, 0.05) is 29.3 Å². The minimum absolute atomic E-state index is 1.39. The molecule has 6 heteroatoms. The molecule has 0 radical (unpaired) electrons. The van der Waals surface area contributed by atoms with Crippen LogP contribution in [-0.4, -0.2) is 0 Å². The average molecular weight is 473 g/mol. The highest BCUT2D eigenvalue weighted by molar-refractivity contribution is 7.46. The van der Waals surface area contributed by atoms with Crippen molar-refractivity contribution < 1.29 is 0 Å². The predicted molar refractivity (Wildman–Crippen MR) is 136 cm³/mol. The Labute approximate surface area is 187 Å². The molecule has 6 aromatic rings. The number of aryl methyl sites for hydroxylation is 4. The average Bonchev–Trinajstić information content (AvgIpc) is 3.44. The van der Waals surface area contributed by atoms with Crippen molar-refractivity contribution >= 4 is 96.2 Å². The van der Waals surface area contributed by atoms with Crippen molar-refractivity contribution in [2.45, 2.75) is 27.7 Å². The van der Waals surface area contributed by atoms with Gasteiger partial charge < -0.3 is 0 Å². The molecule has 0 amide bonds. The Morgan fingerprint density at radius 3 is 1.18 bits per heavy atom. The highest BCUT2D eigenvalue weighted by Gasteiger charge is 2.23. The molecular formula is C22H16S6. The summed E-state index contributed by atoms with van der Waals surface area (Å²) in [6.07, 6.45) is 0. The Morgan fingerprint density at radius 2 is 0.821 bits per heavy atom. The van der Waals surface area contributed by atoms with Crippen LogP contribution in [0.4, 0.5) is 0 Å². The minimum atomic E-state index is 1.39. The van der Waals surface area contributed by atoms with Crippen molar-refractivity contribution in [3.8, 4) is 19.5 Å². The van der Waals surface area contributed by atoms with Gasteiger partial charge in [-0.3, -0.25) is 0 Å². The molecule has 0 N–H and O–H groups in total. The molecule has 0 atom stereocenters. The number of hydrogen-bond donors (Lipinski definition) is 0. The maximum atomic E-state index is 2.31. The lowest BCUT2D eigenvalue weighted by atomic mass is 10.2. The molecule has 6 rings (SSSR count). The molecule has 6 heterocycles. The Morgan fingerprint density at radius 1 is 0.429 bits per heavy atom. The first-order valence-corrected chi connectivity index (χ1v) is 13.9. The van der Waals surface area contributed by atoms with Gasteiger partial charge in [-0.2, -0.15) is 0 Å². The van der Waals surface area contributed by atoms with Crippen molar-refractivity contribution in [2.24, 2.45) is 0 Å². The molecule has 0 nitrogen and oxygen atoms in total. The molecule has 0 aliphatic rings. The molecule has 0 saturated heterocycles. The van der Waals surface area contributed by atoms with E-state index in [0.29, 0.717) is 0 Å². The van der Waals surface area contributed by atoms with E-state index in [9.17, 15) is 0 Å². The molecule has 28 heavy (non-hydrogen) atoms. The SMILES string of the molecule is Cc1ccc(-c2sc3c(sc4c5sc(-c6ccc(C)s6)c(C)c5sc34)c2C)s1. The van der Waals surface area contributed by atoms with Crippen molar-refractivity contribution in [2.75, 3.05) is 0 Å².